The molecule has 0 bridgehead atoms. The lowest BCUT2D eigenvalue weighted by molar-refractivity contribution is -0.129. The number of hydrogen-bond donors (Lipinski definition) is 1. The third kappa shape index (κ3) is 3.68. The minimum absolute atomic E-state index is 0.0484. The number of nitrogens with one attached hydrogen (secondary N) is 1. The molecule has 2 heterocycles. The van der Waals surface area contributed by atoms with Gasteiger partial charge in [0.2, 0.25) is 5.91 Å². The summed E-state index contributed by atoms with van der Waals surface area (Å²) in [5.41, 5.74) is 2.18. The first-order valence-corrected chi connectivity index (χ1v) is 9.92. The van der Waals surface area contributed by atoms with Crippen molar-refractivity contribution in [1.82, 2.24) is 19.8 Å². The van der Waals surface area contributed by atoms with E-state index >= 15 is 0 Å². The number of piperidine rings is 1. The molecular weight excluding hydrogens is 324 g/mol. The number of amides is 1. The van der Waals surface area contributed by atoms with E-state index in [0.717, 1.165) is 30.6 Å². The summed E-state index contributed by atoms with van der Waals surface area (Å²) in [6, 6.07) is 8.84. The largest absolute Gasteiger partial charge is 0.351 e. The van der Waals surface area contributed by atoms with Crippen molar-refractivity contribution in [2.75, 3.05) is 6.54 Å². The summed E-state index contributed by atoms with van der Waals surface area (Å²) in [6.45, 7) is 1.64. The summed E-state index contributed by atoms with van der Waals surface area (Å²) < 4.78 is 1.99. The fourth-order valence-corrected chi connectivity index (χ4v) is 4.52. The normalized spacial score (nSPS) is 21.8. The zero-order chi connectivity index (χ0) is 17.8. The molecular formula is C21H28N4O. The molecule has 1 atom stereocenters. The molecule has 2 aromatic rings. The van der Waals surface area contributed by atoms with Gasteiger partial charge in [0.1, 0.15) is 0 Å². The van der Waals surface area contributed by atoms with Crippen LogP contribution >= 0.6 is 0 Å². The Kier molecular flexibility index (Phi) is 5.34. The number of para-hydroxylation sites is 1. The topological polar surface area (TPSA) is 50.2 Å². The number of carbonyl (C=O) groups excluding carboxylic acids is 1. The Bertz CT molecular complexity index is 721. The van der Waals surface area contributed by atoms with Crippen LogP contribution in [0.4, 0.5) is 0 Å². The van der Waals surface area contributed by atoms with Crippen molar-refractivity contribution in [3.8, 4) is 5.69 Å². The van der Waals surface area contributed by atoms with Crippen LogP contribution in [0, 0.1) is 0 Å². The second kappa shape index (κ2) is 8.04. The number of rotatable bonds is 5. The van der Waals surface area contributed by atoms with Gasteiger partial charge < -0.3 is 9.88 Å². The molecule has 4 rings (SSSR count). The number of nitrogens with zero attached hydrogens (tertiary/aromatic N) is 3. The second-order valence-electron chi connectivity index (χ2n) is 7.50. The van der Waals surface area contributed by atoms with Crippen molar-refractivity contribution < 1.29 is 4.79 Å². The molecule has 1 aromatic carbocycles. The van der Waals surface area contributed by atoms with Gasteiger partial charge in [0.05, 0.1) is 18.1 Å². The van der Waals surface area contributed by atoms with E-state index in [9.17, 15) is 4.79 Å². The molecule has 2 aliphatic rings. The van der Waals surface area contributed by atoms with Crippen LogP contribution in [0.3, 0.4) is 0 Å². The van der Waals surface area contributed by atoms with E-state index in [0.29, 0.717) is 12.6 Å². The lowest BCUT2D eigenvalue weighted by Gasteiger charge is -2.39. The third-order valence-electron chi connectivity index (χ3n) is 5.87. The Hall–Kier alpha value is -2.14. The van der Waals surface area contributed by atoms with Crippen LogP contribution in [-0.2, 0) is 11.3 Å². The summed E-state index contributed by atoms with van der Waals surface area (Å²) in [4.78, 5) is 19.6. The summed E-state index contributed by atoms with van der Waals surface area (Å²) >= 11 is 0. The van der Waals surface area contributed by atoms with Gasteiger partial charge in [-0.2, -0.15) is 0 Å². The lowest BCUT2D eigenvalue weighted by Crippen LogP contribution is -2.52. The zero-order valence-electron chi connectivity index (χ0n) is 15.3. The van der Waals surface area contributed by atoms with Crippen molar-refractivity contribution in [2.24, 2.45) is 0 Å². The standard InChI is InChI=1S/C21H28N4O/c26-21(20-11-5-6-13-25(20)18-8-2-3-9-18)23-15-17-7-1-4-10-19(17)24-14-12-22-16-24/h1,4,7,10,12,14,16,18,20H,2-3,5-6,8-9,11,13,15H2,(H,23,26). The predicted octanol–water partition coefficient (Wildman–Crippen LogP) is 3.29. The highest BCUT2D eigenvalue weighted by molar-refractivity contribution is 5.82. The number of carbonyl (C=O) groups is 1. The monoisotopic (exact) mass is 352 g/mol. The minimum atomic E-state index is 0.0484. The molecule has 1 saturated heterocycles. The molecule has 1 saturated carbocycles. The predicted molar refractivity (Wildman–Crippen MR) is 102 cm³/mol. The summed E-state index contributed by atoms with van der Waals surface area (Å²) in [5.74, 6) is 0.192. The van der Waals surface area contributed by atoms with E-state index in [1.54, 1.807) is 12.5 Å². The van der Waals surface area contributed by atoms with Crippen LogP contribution in [0.5, 0.6) is 0 Å². The number of imidazole rings is 1. The number of hydrogen-bond acceptors (Lipinski definition) is 3. The number of aromatic nitrogens is 2. The molecule has 5 heteroatoms. The quantitative estimate of drug-likeness (QED) is 0.898. The van der Waals surface area contributed by atoms with E-state index in [2.05, 4.69) is 27.3 Å². The van der Waals surface area contributed by atoms with Gasteiger partial charge in [-0.05, 0) is 43.9 Å². The highest BCUT2D eigenvalue weighted by Crippen LogP contribution is 2.29. The Morgan fingerprint density at radius 3 is 2.73 bits per heavy atom. The molecule has 2 fully saturated rings. The van der Waals surface area contributed by atoms with Gasteiger partial charge in [-0.1, -0.05) is 37.5 Å². The average Bonchev–Trinajstić information content (AvgIpc) is 3.40. The molecule has 1 amide bonds. The molecule has 0 spiro atoms. The first-order valence-electron chi connectivity index (χ1n) is 9.92. The third-order valence-corrected chi connectivity index (χ3v) is 5.87. The second-order valence-corrected chi connectivity index (χ2v) is 7.50. The summed E-state index contributed by atoms with van der Waals surface area (Å²) in [6.07, 6.45) is 14.0. The Labute approximate surface area is 155 Å². The maximum Gasteiger partial charge on any atom is 0.237 e. The average molecular weight is 352 g/mol. The molecule has 1 unspecified atom stereocenters. The van der Waals surface area contributed by atoms with Crippen LogP contribution in [0.2, 0.25) is 0 Å². The number of likely N-dealkylation sites (tertiary alicyclic amines) is 1. The van der Waals surface area contributed by atoms with Crippen molar-refractivity contribution in [3.63, 3.8) is 0 Å². The first kappa shape index (κ1) is 17.3. The van der Waals surface area contributed by atoms with Gasteiger partial charge in [-0.3, -0.25) is 9.69 Å². The van der Waals surface area contributed by atoms with E-state index in [4.69, 9.17) is 0 Å². The van der Waals surface area contributed by atoms with Crippen molar-refractivity contribution >= 4 is 5.91 Å². The lowest BCUT2D eigenvalue weighted by atomic mass is 9.98. The fourth-order valence-electron chi connectivity index (χ4n) is 4.52. The smallest absolute Gasteiger partial charge is 0.237 e. The zero-order valence-corrected chi connectivity index (χ0v) is 15.3. The molecule has 5 nitrogen and oxygen atoms in total. The maximum atomic E-state index is 13.0. The molecule has 1 aliphatic carbocycles. The van der Waals surface area contributed by atoms with Crippen molar-refractivity contribution in [1.29, 1.82) is 0 Å². The van der Waals surface area contributed by atoms with E-state index in [1.807, 2.05) is 22.9 Å². The van der Waals surface area contributed by atoms with Crippen LogP contribution in [0.25, 0.3) is 5.69 Å². The van der Waals surface area contributed by atoms with Crippen LogP contribution in [-0.4, -0.2) is 39.0 Å². The van der Waals surface area contributed by atoms with Gasteiger partial charge in [0.15, 0.2) is 0 Å². The number of benzene rings is 1. The van der Waals surface area contributed by atoms with E-state index < -0.39 is 0 Å². The van der Waals surface area contributed by atoms with E-state index in [1.165, 1.54) is 32.1 Å². The van der Waals surface area contributed by atoms with Gasteiger partial charge in [-0.25, -0.2) is 4.98 Å². The minimum Gasteiger partial charge on any atom is -0.351 e. The fraction of sp³-hybridized carbons (Fsp3) is 0.524. The van der Waals surface area contributed by atoms with Gasteiger partial charge >= 0.3 is 0 Å². The molecule has 1 aromatic heterocycles. The molecule has 0 radical (unpaired) electrons. The molecule has 26 heavy (non-hydrogen) atoms. The van der Waals surface area contributed by atoms with Crippen molar-refractivity contribution in [2.45, 2.75) is 63.6 Å². The van der Waals surface area contributed by atoms with Crippen LogP contribution in [0.1, 0.15) is 50.5 Å². The molecule has 138 valence electrons. The highest BCUT2D eigenvalue weighted by atomic mass is 16.2. The Balaban J connectivity index is 1.43. The van der Waals surface area contributed by atoms with Gasteiger partial charge in [0.25, 0.3) is 0 Å². The van der Waals surface area contributed by atoms with Gasteiger partial charge in [0, 0.05) is 25.0 Å². The summed E-state index contributed by atoms with van der Waals surface area (Å²) in [5, 5.41) is 3.21. The Morgan fingerprint density at radius 1 is 1.12 bits per heavy atom. The Morgan fingerprint density at radius 2 is 1.92 bits per heavy atom. The maximum absolute atomic E-state index is 13.0. The van der Waals surface area contributed by atoms with Gasteiger partial charge in [-0.15, -0.1) is 0 Å². The highest BCUT2D eigenvalue weighted by Gasteiger charge is 2.34. The first-order chi connectivity index (χ1) is 12.8. The molecule has 1 N–H and O–H groups in total. The van der Waals surface area contributed by atoms with Crippen LogP contribution in [0.15, 0.2) is 43.0 Å². The summed E-state index contributed by atoms with van der Waals surface area (Å²) in [7, 11) is 0. The SMILES string of the molecule is O=C(NCc1ccccc1-n1ccnc1)C1CCCCN1C1CCCC1. The van der Waals surface area contributed by atoms with Crippen molar-refractivity contribution in [3.05, 3.63) is 48.5 Å². The molecule has 1 aliphatic heterocycles. The van der Waals surface area contributed by atoms with Crippen LogP contribution < -0.4 is 5.32 Å². The van der Waals surface area contributed by atoms with E-state index in [-0.39, 0.29) is 11.9 Å².